The highest BCUT2D eigenvalue weighted by atomic mass is 32.1. The number of nitrogens with two attached hydrogens (primary N) is 1. The average molecular weight is 318 g/mol. The van der Waals surface area contributed by atoms with Crippen molar-refractivity contribution >= 4 is 22.9 Å². The average Bonchev–Trinajstić information content (AvgIpc) is 2.38. The molecule has 0 aliphatic carbocycles. The summed E-state index contributed by atoms with van der Waals surface area (Å²) < 4.78 is 38.7. The van der Waals surface area contributed by atoms with Crippen molar-refractivity contribution in [3.8, 4) is 0 Å². The van der Waals surface area contributed by atoms with Crippen LogP contribution in [0, 0.1) is 5.92 Å². The number of anilines is 1. The van der Waals surface area contributed by atoms with Crippen molar-refractivity contribution < 1.29 is 13.2 Å². The Balaban J connectivity index is 3.07. The summed E-state index contributed by atoms with van der Waals surface area (Å²) in [6, 6.07) is 3.99. The number of benzene rings is 1. The number of alkyl halides is 3. The Bertz CT molecular complexity index is 496. The molecule has 1 aromatic rings. The molecule has 0 aliphatic rings. The van der Waals surface area contributed by atoms with Gasteiger partial charge in [-0.25, -0.2) is 0 Å². The van der Waals surface area contributed by atoms with Crippen LogP contribution in [-0.2, 0) is 6.18 Å². The molecule has 0 fully saturated rings. The van der Waals surface area contributed by atoms with E-state index in [1.165, 1.54) is 12.1 Å². The van der Waals surface area contributed by atoms with Crippen molar-refractivity contribution in [3.63, 3.8) is 0 Å². The van der Waals surface area contributed by atoms with E-state index in [0.717, 1.165) is 18.9 Å². The van der Waals surface area contributed by atoms with Gasteiger partial charge < -0.3 is 11.1 Å². The first-order chi connectivity index (χ1) is 9.70. The molecule has 1 aromatic carbocycles. The molecular weight excluding hydrogens is 297 g/mol. The molecule has 0 heterocycles. The lowest BCUT2D eigenvalue weighted by atomic mass is 9.95. The third kappa shape index (κ3) is 4.59. The number of rotatable bonds is 6. The van der Waals surface area contributed by atoms with Gasteiger partial charge in [0.2, 0.25) is 0 Å². The molecule has 1 atom stereocenters. The van der Waals surface area contributed by atoms with Crippen LogP contribution in [0.15, 0.2) is 18.2 Å². The third-order valence-corrected chi connectivity index (χ3v) is 3.96. The topological polar surface area (TPSA) is 38.0 Å². The van der Waals surface area contributed by atoms with Crippen LogP contribution < -0.4 is 11.1 Å². The fourth-order valence-electron chi connectivity index (χ4n) is 2.46. The van der Waals surface area contributed by atoms with E-state index < -0.39 is 11.7 Å². The molecule has 0 saturated carbocycles. The molecule has 0 saturated heterocycles. The van der Waals surface area contributed by atoms with Crippen LogP contribution in [0.5, 0.6) is 0 Å². The summed E-state index contributed by atoms with van der Waals surface area (Å²) in [4.78, 5) is -0.249. The minimum absolute atomic E-state index is 0.140. The largest absolute Gasteiger partial charge is 0.417 e. The van der Waals surface area contributed by atoms with Crippen LogP contribution in [0.2, 0.25) is 0 Å². The lowest BCUT2D eigenvalue weighted by molar-refractivity contribution is -0.137. The fourth-order valence-corrected chi connectivity index (χ4v) is 2.63. The molecule has 6 heteroatoms. The summed E-state index contributed by atoms with van der Waals surface area (Å²) in [5, 5.41) is 3.24. The summed E-state index contributed by atoms with van der Waals surface area (Å²) in [5.74, 6) is 0.459. The zero-order valence-electron chi connectivity index (χ0n) is 12.4. The molecule has 0 aromatic heterocycles. The van der Waals surface area contributed by atoms with Gasteiger partial charge in [-0.1, -0.05) is 38.9 Å². The first-order valence-electron chi connectivity index (χ1n) is 6.98. The molecule has 0 bridgehead atoms. The Labute approximate surface area is 128 Å². The van der Waals surface area contributed by atoms with E-state index in [-0.39, 0.29) is 16.6 Å². The highest BCUT2D eigenvalue weighted by molar-refractivity contribution is 7.80. The molecule has 0 amide bonds. The third-order valence-electron chi connectivity index (χ3n) is 3.74. The summed E-state index contributed by atoms with van der Waals surface area (Å²) in [5.41, 5.74) is 5.09. The fraction of sp³-hybridized carbons (Fsp3) is 0.533. The summed E-state index contributed by atoms with van der Waals surface area (Å²) in [6.07, 6.45) is -2.45. The maximum Gasteiger partial charge on any atom is 0.417 e. The first-order valence-corrected chi connectivity index (χ1v) is 7.39. The van der Waals surface area contributed by atoms with E-state index in [9.17, 15) is 13.2 Å². The second-order valence-corrected chi connectivity index (χ2v) is 5.57. The van der Waals surface area contributed by atoms with Crippen LogP contribution in [-0.4, -0.2) is 11.0 Å². The second kappa shape index (κ2) is 7.11. The van der Waals surface area contributed by atoms with E-state index in [2.05, 4.69) is 19.2 Å². The van der Waals surface area contributed by atoms with Crippen LogP contribution in [0.3, 0.4) is 0 Å². The van der Waals surface area contributed by atoms with Gasteiger partial charge >= 0.3 is 6.18 Å². The van der Waals surface area contributed by atoms with Gasteiger partial charge in [0.15, 0.2) is 0 Å². The van der Waals surface area contributed by atoms with Crippen molar-refractivity contribution in [1.29, 1.82) is 0 Å². The predicted octanol–water partition coefficient (Wildman–Crippen LogP) is 4.58. The van der Waals surface area contributed by atoms with Gasteiger partial charge in [0.25, 0.3) is 0 Å². The Morgan fingerprint density at radius 3 is 2.29 bits per heavy atom. The highest BCUT2D eigenvalue weighted by Crippen LogP contribution is 2.33. The number of thiocarbonyl (C=S) groups is 1. The monoisotopic (exact) mass is 318 g/mol. The number of nitrogens with one attached hydrogen (secondary N) is 1. The van der Waals surface area contributed by atoms with Crippen LogP contribution in [0.4, 0.5) is 18.9 Å². The second-order valence-electron chi connectivity index (χ2n) is 5.13. The first kappa shape index (κ1) is 17.8. The lowest BCUT2D eigenvalue weighted by Gasteiger charge is -2.24. The van der Waals surface area contributed by atoms with Crippen LogP contribution in [0.1, 0.15) is 44.7 Å². The van der Waals surface area contributed by atoms with Gasteiger partial charge in [-0.05, 0) is 31.0 Å². The lowest BCUT2D eigenvalue weighted by Crippen LogP contribution is -2.25. The molecule has 118 valence electrons. The zero-order valence-corrected chi connectivity index (χ0v) is 13.2. The number of hydrogen-bond donors (Lipinski definition) is 2. The van der Waals surface area contributed by atoms with E-state index >= 15 is 0 Å². The summed E-state index contributed by atoms with van der Waals surface area (Å²) in [6.45, 7) is 6.22. The molecule has 0 radical (unpaired) electrons. The van der Waals surface area contributed by atoms with Crippen molar-refractivity contribution in [1.82, 2.24) is 0 Å². The molecule has 0 aliphatic heterocycles. The number of halogens is 3. The van der Waals surface area contributed by atoms with Crippen LogP contribution in [0.25, 0.3) is 0 Å². The minimum atomic E-state index is -4.46. The Morgan fingerprint density at radius 2 is 1.86 bits per heavy atom. The standard InChI is InChI=1S/C15H21F3N2S/c1-4-10(5-2)9(3)20-11-6-7-13(15(16,17)18)12(8-11)14(19)21/h6-10,20H,4-5H2,1-3H3,(H2,19,21). The Kier molecular flexibility index (Phi) is 6.01. The molecular formula is C15H21F3N2S. The highest BCUT2D eigenvalue weighted by Gasteiger charge is 2.34. The van der Waals surface area contributed by atoms with E-state index in [0.29, 0.717) is 11.6 Å². The normalized spacial score (nSPS) is 13.3. The van der Waals surface area contributed by atoms with Gasteiger partial charge in [-0.3, -0.25) is 0 Å². The summed E-state index contributed by atoms with van der Waals surface area (Å²) in [7, 11) is 0. The maximum atomic E-state index is 12.9. The van der Waals surface area contributed by atoms with Gasteiger partial charge in [0.1, 0.15) is 4.99 Å². The molecule has 21 heavy (non-hydrogen) atoms. The van der Waals surface area contributed by atoms with Gasteiger partial charge in [-0.15, -0.1) is 0 Å². The van der Waals surface area contributed by atoms with E-state index in [1.54, 1.807) is 0 Å². The van der Waals surface area contributed by atoms with Crippen LogP contribution >= 0.6 is 12.2 Å². The molecule has 3 N–H and O–H groups in total. The molecule has 2 nitrogen and oxygen atoms in total. The van der Waals surface area contributed by atoms with Crippen molar-refractivity contribution in [3.05, 3.63) is 29.3 Å². The zero-order chi connectivity index (χ0) is 16.2. The molecule has 1 rings (SSSR count). The van der Waals surface area contributed by atoms with E-state index in [1.807, 2.05) is 6.92 Å². The van der Waals surface area contributed by atoms with E-state index in [4.69, 9.17) is 18.0 Å². The Hall–Kier alpha value is -1.30. The molecule has 1 unspecified atom stereocenters. The smallest absolute Gasteiger partial charge is 0.389 e. The van der Waals surface area contributed by atoms with Crippen molar-refractivity contribution in [2.45, 2.75) is 45.8 Å². The van der Waals surface area contributed by atoms with Gasteiger partial charge in [0, 0.05) is 17.3 Å². The predicted molar refractivity (Wildman–Crippen MR) is 84.5 cm³/mol. The number of hydrogen-bond acceptors (Lipinski definition) is 2. The van der Waals surface area contributed by atoms with Gasteiger partial charge in [-0.2, -0.15) is 13.2 Å². The molecule has 0 spiro atoms. The van der Waals surface area contributed by atoms with Crippen molar-refractivity contribution in [2.75, 3.05) is 5.32 Å². The van der Waals surface area contributed by atoms with Crippen molar-refractivity contribution in [2.24, 2.45) is 11.7 Å². The summed E-state index contributed by atoms with van der Waals surface area (Å²) >= 11 is 4.74. The van der Waals surface area contributed by atoms with Gasteiger partial charge in [0.05, 0.1) is 5.56 Å². The quantitative estimate of drug-likeness (QED) is 0.754. The maximum absolute atomic E-state index is 12.9. The SMILES string of the molecule is CCC(CC)C(C)Nc1ccc(C(F)(F)F)c(C(N)=S)c1. The minimum Gasteiger partial charge on any atom is -0.389 e. The Morgan fingerprint density at radius 1 is 1.29 bits per heavy atom.